The Balaban J connectivity index is 1.49. The van der Waals surface area contributed by atoms with Crippen LogP contribution in [0.4, 0.5) is 9.93 Å². The zero-order valence-electron chi connectivity index (χ0n) is 16.2. The van der Waals surface area contributed by atoms with Crippen LogP contribution in [0, 0.1) is 0 Å². The summed E-state index contributed by atoms with van der Waals surface area (Å²) in [5, 5.41) is 7.95. The third-order valence-corrected chi connectivity index (χ3v) is 8.50. The molecule has 162 valence electrons. The van der Waals surface area contributed by atoms with E-state index in [2.05, 4.69) is 20.9 Å². The Morgan fingerprint density at radius 1 is 1.13 bits per heavy atom. The van der Waals surface area contributed by atoms with E-state index in [0.717, 1.165) is 11.3 Å². The van der Waals surface area contributed by atoms with E-state index in [9.17, 15) is 18.0 Å². The van der Waals surface area contributed by atoms with Gasteiger partial charge in [-0.05, 0) is 56.3 Å². The van der Waals surface area contributed by atoms with Crippen molar-refractivity contribution in [3.8, 4) is 0 Å². The maximum Gasteiger partial charge on any atom is 0.327 e. The third kappa shape index (κ3) is 4.72. The average molecular weight is 479 g/mol. The van der Waals surface area contributed by atoms with Gasteiger partial charge in [-0.15, -0.1) is 0 Å². The molecule has 0 atom stereocenters. The number of piperidine rings is 1. The van der Waals surface area contributed by atoms with Crippen LogP contribution in [0.3, 0.4) is 0 Å². The molecule has 1 saturated heterocycles. The highest BCUT2D eigenvalue weighted by molar-refractivity contribution is 7.92. The number of imide groups is 1. The molecule has 3 amide bonds. The molecule has 0 bridgehead atoms. The van der Waals surface area contributed by atoms with Gasteiger partial charge in [-0.3, -0.25) is 15.4 Å². The zero-order chi connectivity index (χ0) is 22.0. The van der Waals surface area contributed by atoms with Gasteiger partial charge in [0.25, 0.3) is 5.91 Å². The van der Waals surface area contributed by atoms with Crippen LogP contribution < -0.4 is 16.0 Å². The van der Waals surface area contributed by atoms with Crippen molar-refractivity contribution in [1.29, 1.82) is 0 Å². The Morgan fingerprint density at radius 3 is 2.61 bits per heavy atom. The fourth-order valence-electron chi connectivity index (χ4n) is 3.38. The Labute approximate surface area is 187 Å². The molecule has 1 aliphatic heterocycles. The molecule has 0 unspecified atom stereocenters. The second-order valence-electron chi connectivity index (χ2n) is 7.03. The highest BCUT2D eigenvalue weighted by Crippen LogP contribution is 2.30. The first-order chi connectivity index (χ1) is 14.8. The topological polar surface area (TPSA) is 117 Å². The van der Waals surface area contributed by atoms with E-state index in [4.69, 9.17) is 11.6 Å². The van der Waals surface area contributed by atoms with Gasteiger partial charge in [0.15, 0.2) is 15.0 Å². The molecule has 11 heteroatoms. The van der Waals surface area contributed by atoms with Gasteiger partial charge in [-0.2, -0.15) is 0 Å². The second kappa shape index (κ2) is 8.91. The summed E-state index contributed by atoms with van der Waals surface area (Å²) in [6.45, 7) is 1.37. The van der Waals surface area contributed by atoms with Crippen molar-refractivity contribution in [2.75, 3.05) is 18.4 Å². The summed E-state index contributed by atoms with van der Waals surface area (Å²) in [5.74, 6) is -0.639. The van der Waals surface area contributed by atoms with Crippen molar-refractivity contribution in [3.63, 3.8) is 0 Å². The molecule has 1 aromatic heterocycles. The van der Waals surface area contributed by atoms with Gasteiger partial charge in [0.1, 0.15) is 0 Å². The number of halogens is 1. The fraction of sp³-hybridized carbons (Fsp3) is 0.250. The summed E-state index contributed by atoms with van der Waals surface area (Å²) < 4.78 is 26.5. The number of carbonyl (C=O) groups is 2. The van der Waals surface area contributed by atoms with E-state index in [1.165, 1.54) is 6.07 Å². The molecule has 3 aromatic rings. The molecule has 0 saturated carbocycles. The number of aromatic nitrogens is 1. The van der Waals surface area contributed by atoms with E-state index in [1.54, 1.807) is 36.4 Å². The number of anilines is 1. The predicted molar refractivity (Wildman–Crippen MR) is 121 cm³/mol. The fourth-order valence-corrected chi connectivity index (χ4v) is 6.36. The van der Waals surface area contributed by atoms with E-state index in [1.807, 2.05) is 0 Å². The monoisotopic (exact) mass is 478 g/mol. The lowest BCUT2D eigenvalue weighted by Gasteiger charge is -2.22. The minimum Gasteiger partial charge on any atom is -0.317 e. The van der Waals surface area contributed by atoms with Crippen LogP contribution >= 0.6 is 22.9 Å². The highest BCUT2D eigenvalue weighted by Gasteiger charge is 2.29. The van der Waals surface area contributed by atoms with Crippen molar-refractivity contribution >= 4 is 60.1 Å². The van der Waals surface area contributed by atoms with Gasteiger partial charge >= 0.3 is 6.03 Å². The molecular formula is C20H19ClN4O4S2. The average Bonchev–Trinajstić information content (AvgIpc) is 3.15. The van der Waals surface area contributed by atoms with Gasteiger partial charge in [0.05, 0.1) is 30.9 Å². The number of hydrogen-bond acceptors (Lipinski definition) is 7. The Bertz CT molecular complexity index is 1250. The van der Waals surface area contributed by atoms with Crippen LogP contribution in [0.5, 0.6) is 0 Å². The number of benzene rings is 2. The Morgan fingerprint density at radius 2 is 1.87 bits per heavy atom. The number of nitrogens with zero attached hydrogens (tertiary/aromatic N) is 1. The Hall–Kier alpha value is -2.53. The van der Waals surface area contributed by atoms with Gasteiger partial charge in [-0.1, -0.05) is 35.1 Å². The van der Waals surface area contributed by atoms with Crippen molar-refractivity contribution < 1.29 is 18.0 Å². The molecule has 2 heterocycles. The lowest BCUT2D eigenvalue weighted by atomic mass is 10.2. The zero-order valence-corrected chi connectivity index (χ0v) is 18.6. The van der Waals surface area contributed by atoms with Gasteiger partial charge in [0.2, 0.25) is 0 Å². The summed E-state index contributed by atoms with van der Waals surface area (Å²) in [4.78, 5) is 28.9. The number of urea groups is 1. The van der Waals surface area contributed by atoms with Crippen LogP contribution in [0.15, 0.2) is 47.4 Å². The molecule has 2 aromatic carbocycles. The molecule has 8 nitrogen and oxygen atoms in total. The summed E-state index contributed by atoms with van der Waals surface area (Å²) in [6.07, 6.45) is 1.16. The molecule has 4 rings (SSSR count). The van der Waals surface area contributed by atoms with E-state index in [0.29, 0.717) is 36.1 Å². The number of sulfone groups is 1. The number of nitrogens with one attached hydrogen (secondary N) is 3. The van der Waals surface area contributed by atoms with Crippen molar-refractivity contribution in [2.24, 2.45) is 0 Å². The maximum atomic E-state index is 12.9. The molecule has 3 N–H and O–H groups in total. The number of rotatable bonds is 4. The van der Waals surface area contributed by atoms with E-state index >= 15 is 0 Å². The van der Waals surface area contributed by atoms with E-state index in [-0.39, 0.29) is 20.6 Å². The van der Waals surface area contributed by atoms with Gasteiger partial charge in [-0.25, -0.2) is 18.2 Å². The minimum absolute atomic E-state index is 0.177. The van der Waals surface area contributed by atoms with Crippen molar-refractivity contribution in [2.45, 2.75) is 23.0 Å². The molecule has 0 radical (unpaired) electrons. The quantitative estimate of drug-likeness (QED) is 0.528. The summed E-state index contributed by atoms with van der Waals surface area (Å²) in [6, 6.07) is 10.4. The largest absolute Gasteiger partial charge is 0.327 e. The van der Waals surface area contributed by atoms with Crippen molar-refractivity contribution in [1.82, 2.24) is 15.6 Å². The summed E-state index contributed by atoms with van der Waals surface area (Å²) in [5.41, 5.74) is 0.735. The molecule has 1 aliphatic rings. The number of carbonyl (C=O) groups excluding carboxylic acids is 2. The molecule has 1 fully saturated rings. The molecule has 0 spiro atoms. The van der Waals surface area contributed by atoms with Gasteiger partial charge < -0.3 is 5.32 Å². The standard InChI is InChI=1S/C20H19ClN4O4S2/c21-15-4-2-1-3-14(15)18(26)24-19(27)25-20-23-16-6-5-13(11-17(16)30-20)31(28,29)12-7-9-22-10-8-12/h1-6,11-12,22H,7-10H2,(H2,23,24,25,26,27). The van der Waals surface area contributed by atoms with Crippen LogP contribution in [-0.4, -0.2) is 43.7 Å². The molecular weight excluding hydrogens is 460 g/mol. The first-order valence-corrected chi connectivity index (χ1v) is 12.3. The Kier molecular flexibility index (Phi) is 6.24. The normalized spacial score (nSPS) is 15.0. The lowest BCUT2D eigenvalue weighted by molar-refractivity contribution is 0.0967. The molecule has 0 aliphatic carbocycles. The summed E-state index contributed by atoms with van der Waals surface area (Å²) in [7, 11) is -3.44. The van der Waals surface area contributed by atoms with Crippen LogP contribution in [0.25, 0.3) is 10.2 Å². The number of amides is 3. The first kappa shape index (κ1) is 21.7. The number of fused-ring (bicyclic) bond motifs is 1. The van der Waals surface area contributed by atoms with Crippen LogP contribution in [-0.2, 0) is 9.84 Å². The summed E-state index contributed by atoms with van der Waals surface area (Å²) >= 11 is 7.10. The number of thiazole rings is 1. The first-order valence-electron chi connectivity index (χ1n) is 9.56. The lowest BCUT2D eigenvalue weighted by Crippen LogP contribution is -2.35. The highest BCUT2D eigenvalue weighted by atomic mass is 35.5. The minimum atomic E-state index is -3.44. The van der Waals surface area contributed by atoms with Gasteiger partial charge in [0, 0.05) is 0 Å². The third-order valence-electron chi connectivity index (χ3n) is 4.98. The molecule has 31 heavy (non-hydrogen) atoms. The predicted octanol–water partition coefficient (Wildman–Crippen LogP) is 3.44. The SMILES string of the molecule is O=C(NC(=O)c1ccccc1Cl)Nc1nc2ccc(S(=O)(=O)C3CCNCC3)cc2s1. The van der Waals surface area contributed by atoms with Crippen molar-refractivity contribution in [3.05, 3.63) is 53.1 Å². The van der Waals surface area contributed by atoms with E-state index < -0.39 is 27.0 Å². The smallest absolute Gasteiger partial charge is 0.317 e. The number of hydrogen-bond donors (Lipinski definition) is 3. The van der Waals surface area contributed by atoms with Crippen LogP contribution in [0.1, 0.15) is 23.2 Å². The second-order valence-corrected chi connectivity index (χ2v) is 10.7. The maximum absolute atomic E-state index is 12.9. The van der Waals surface area contributed by atoms with Crippen LogP contribution in [0.2, 0.25) is 5.02 Å².